The second kappa shape index (κ2) is 22.2. The van der Waals surface area contributed by atoms with E-state index in [0.717, 1.165) is 71.7 Å². The number of ketones is 2. The number of ether oxygens (including phenoxy) is 4. The fourth-order valence-electron chi connectivity index (χ4n) is 13.6. The normalized spacial score (nSPS) is 29.2. The fourth-order valence-corrected chi connectivity index (χ4v) is 14.4. The van der Waals surface area contributed by atoms with E-state index in [1.54, 1.807) is 14.2 Å². The van der Waals surface area contributed by atoms with Crippen LogP contribution in [0.1, 0.15) is 109 Å². The fraction of sp³-hybridized carbons (Fsp3) is 0.519. The van der Waals surface area contributed by atoms with Gasteiger partial charge in [-0.2, -0.15) is 0 Å². The second-order valence-corrected chi connectivity index (χ2v) is 22.1. The van der Waals surface area contributed by atoms with E-state index >= 15 is 0 Å². The number of carbonyl (C=O) groups excluding carboxylic acids is 4. The van der Waals surface area contributed by atoms with Gasteiger partial charge in [0.25, 0.3) is 11.4 Å². The number of hydrogen-bond acceptors (Lipinski definition) is 14. The molecule has 0 spiro atoms. The smallest absolute Gasteiger partial charge is 0.338 e. The molecule has 0 aliphatic heterocycles. The first kappa shape index (κ1) is 51.3. The zero-order valence-corrected chi connectivity index (χ0v) is 43.4. The number of fused-ring (bicyclic) bond motifs is 6. The summed E-state index contributed by atoms with van der Waals surface area (Å²) in [4.78, 5) is 82.5. The van der Waals surface area contributed by atoms with Crippen LogP contribution in [0.25, 0.3) is 0 Å². The molecule has 6 aliphatic rings. The molecule has 72 heavy (non-hydrogen) atoms. The first-order valence-electron chi connectivity index (χ1n) is 25.1. The third kappa shape index (κ3) is 10.9. The molecule has 12 atom stereocenters. The van der Waals surface area contributed by atoms with Gasteiger partial charge in [0, 0.05) is 81.9 Å². The highest BCUT2D eigenvalue weighted by Gasteiger charge is 2.57. The van der Waals surface area contributed by atoms with E-state index in [9.17, 15) is 39.4 Å². The summed E-state index contributed by atoms with van der Waals surface area (Å²) < 4.78 is 24.5. The number of aromatic nitrogens is 2. The molecule has 16 nitrogen and oxygen atoms in total. The number of methoxy groups -OCH3 is 2. The minimum atomic E-state index is -0.506. The van der Waals surface area contributed by atoms with E-state index in [2.05, 4.69) is 41.8 Å². The molecule has 2 aromatic heterocycles. The molecule has 10 rings (SSSR count). The molecule has 4 aromatic rings. The van der Waals surface area contributed by atoms with Gasteiger partial charge < -0.3 is 18.9 Å². The Bertz CT molecular complexity index is 2520. The van der Waals surface area contributed by atoms with Crippen molar-refractivity contribution in [1.82, 2.24) is 9.97 Å². The monoisotopic (exact) mass is 1110 g/mol. The number of benzene rings is 2. The minimum absolute atomic E-state index is 0.0202. The zero-order valence-electron chi connectivity index (χ0n) is 40.2. The van der Waals surface area contributed by atoms with Crippen molar-refractivity contribution in [1.29, 1.82) is 0 Å². The molecule has 6 fully saturated rings. The predicted octanol–water partition coefficient (Wildman–Crippen LogP) is 11.1. The lowest BCUT2D eigenvalue weighted by Crippen LogP contribution is -2.44. The van der Waals surface area contributed by atoms with Crippen molar-refractivity contribution in [2.75, 3.05) is 14.2 Å². The Labute approximate surface area is 434 Å². The summed E-state index contributed by atoms with van der Waals surface area (Å²) in [5.41, 5.74) is 2.20. The summed E-state index contributed by atoms with van der Waals surface area (Å²) >= 11 is 7.26. The highest BCUT2D eigenvalue weighted by atomic mass is 79.9. The maximum Gasteiger partial charge on any atom is 0.338 e. The van der Waals surface area contributed by atoms with Gasteiger partial charge >= 0.3 is 11.9 Å². The molecule has 0 bridgehead atoms. The predicted molar refractivity (Wildman–Crippen MR) is 269 cm³/mol. The van der Waals surface area contributed by atoms with Crippen LogP contribution in [0.2, 0.25) is 0 Å². The summed E-state index contributed by atoms with van der Waals surface area (Å²) in [5.74, 6) is 2.49. The van der Waals surface area contributed by atoms with Gasteiger partial charge in [-0.3, -0.25) is 29.8 Å². The van der Waals surface area contributed by atoms with Crippen LogP contribution in [-0.4, -0.2) is 69.7 Å². The Hall–Kier alpha value is -5.62. The summed E-state index contributed by atoms with van der Waals surface area (Å²) in [7, 11) is 3.19. The molecule has 0 unspecified atom stereocenters. The lowest BCUT2D eigenvalue weighted by Gasteiger charge is -2.44. The zero-order chi connectivity index (χ0) is 50.8. The molecule has 6 saturated carbocycles. The SMILES string of the molecule is COc1ccc(Br)c(C[C@@H]2C[C@H](OC(=O)c3ccc([N+](=O)[O-])cc3)[C@@H]3CC(=O)[C@H]4CCCC[C@@H]4[C@@H]23)n1.COc1ccc(Br)c(C[C@H]2C[C@@H](OC(=O)c3ccc([N+](=O)[O-])cc3)[C@H]3CC(=O)[C@@H]4CCCC[C@H]4[C@H]23)n1. The van der Waals surface area contributed by atoms with Crippen LogP contribution in [-0.2, 0) is 31.9 Å². The molecule has 2 heterocycles. The summed E-state index contributed by atoms with van der Waals surface area (Å²) in [6.45, 7) is 0. The Kier molecular flexibility index (Phi) is 15.8. The van der Waals surface area contributed by atoms with Gasteiger partial charge in [-0.15, -0.1) is 0 Å². The number of non-ortho nitro benzene ring substituents is 2. The van der Waals surface area contributed by atoms with E-state index in [1.165, 1.54) is 48.5 Å². The average Bonchev–Trinajstić information content (AvgIpc) is 3.90. The largest absolute Gasteiger partial charge is 0.481 e. The Balaban J connectivity index is 0.000000178. The maximum atomic E-state index is 13.1. The number of nitrogens with zero attached hydrogens (tertiary/aromatic N) is 4. The number of esters is 2. The van der Waals surface area contributed by atoms with Crippen LogP contribution < -0.4 is 9.47 Å². The highest BCUT2D eigenvalue weighted by molar-refractivity contribution is 9.10. The highest BCUT2D eigenvalue weighted by Crippen LogP contribution is 2.57. The van der Waals surface area contributed by atoms with Gasteiger partial charge in [-0.05, 0) is 155 Å². The van der Waals surface area contributed by atoms with Gasteiger partial charge in [0.05, 0.1) is 46.6 Å². The van der Waals surface area contributed by atoms with Crippen molar-refractivity contribution in [2.24, 2.45) is 59.2 Å². The maximum absolute atomic E-state index is 13.1. The van der Waals surface area contributed by atoms with Crippen LogP contribution >= 0.6 is 31.9 Å². The van der Waals surface area contributed by atoms with E-state index in [0.29, 0.717) is 73.7 Å². The van der Waals surface area contributed by atoms with Crippen molar-refractivity contribution < 1.29 is 48.0 Å². The second-order valence-electron chi connectivity index (χ2n) is 20.4. The van der Waals surface area contributed by atoms with Gasteiger partial charge in [-0.25, -0.2) is 19.6 Å². The Morgan fingerprint density at radius 2 is 0.944 bits per heavy atom. The van der Waals surface area contributed by atoms with Crippen molar-refractivity contribution in [3.8, 4) is 11.8 Å². The number of pyridine rings is 2. The Morgan fingerprint density at radius 3 is 1.31 bits per heavy atom. The topological polar surface area (TPSA) is 217 Å². The van der Waals surface area contributed by atoms with Crippen molar-refractivity contribution in [3.05, 3.63) is 124 Å². The molecular weight excluding hydrogens is 1060 g/mol. The minimum Gasteiger partial charge on any atom is -0.481 e. The summed E-state index contributed by atoms with van der Waals surface area (Å²) in [5, 5.41) is 21.9. The third-order valence-electron chi connectivity index (χ3n) is 16.7. The first-order valence-corrected chi connectivity index (χ1v) is 26.6. The van der Waals surface area contributed by atoms with Crippen molar-refractivity contribution in [3.63, 3.8) is 0 Å². The van der Waals surface area contributed by atoms with Crippen LogP contribution in [0, 0.1) is 79.4 Å². The van der Waals surface area contributed by atoms with Gasteiger partial charge in [-0.1, -0.05) is 25.7 Å². The molecule has 2 aromatic carbocycles. The average molecular weight is 1110 g/mol. The van der Waals surface area contributed by atoms with Crippen LogP contribution in [0.5, 0.6) is 11.8 Å². The lowest BCUT2D eigenvalue weighted by molar-refractivity contribution is -0.385. The van der Waals surface area contributed by atoms with E-state index in [1.807, 2.05) is 24.3 Å². The Morgan fingerprint density at radius 1 is 0.569 bits per heavy atom. The molecule has 0 radical (unpaired) electrons. The molecule has 6 aliphatic carbocycles. The molecule has 18 heteroatoms. The number of nitro benzene ring substituents is 2. The van der Waals surface area contributed by atoms with Crippen LogP contribution in [0.3, 0.4) is 0 Å². The number of halogens is 2. The van der Waals surface area contributed by atoms with E-state index in [4.69, 9.17) is 18.9 Å². The number of hydrogen-bond donors (Lipinski definition) is 0. The number of carbonyl (C=O) groups is 4. The van der Waals surface area contributed by atoms with Crippen LogP contribution in [0.15, 0.2) is 81.7 Å². The van der Waals surface area contributed by atoms with Crippen molar-refractivity contribution in [2.45, 2.75) is 102 Å². The number of Topliss-reactive ketones (excluding diaryl/α,β-unsaturated/α-hetero) is 2. The van der Waals surface area contributed by atoms with E-state index in [-0.39, 0.29) is 82.1 Å². The van der Waals surface area contributed by atoms with Crippen molar-refractivity contribution >= 4 is 66.7 Å². The molecule has 0 saturated heterocycles. The standard InChI is InChI=1S/2C27H29BrN2O6/c2*1-35-25-11-10-21(28)22(29-25)12-16-13-24(36-27(32)15-6-8-17(9-7-15)30(33)34)20-14-23(31)18-4-2-3-5-19(18)26(16)20/h2*6-11,16,18-20,24,26H,2-5,12-14H2,1H3/t2*16-,18+,19+,20+,24+,26-/m10/s1. The molecular formula is C54H58Br2N4O12. The molecule has 0 amide bonds. The third-order valence-corrected chi connectivity index (χ3v) is 18.1. The van der Waals surface area contributed by atoms with E-state index < -0.39 is 21.8 Å². The van der Waals surface area contributed by atoms with Crippen LogP contribution in [0.4, 0.5) is 11.4 Å². The summed E-state index contributed by atoms with van der Waals surface area (Å²) in [6, 6.07) is 18.4. The van der Waals surface area contributed by atoms with Gasteiger partial charge in [0.15, 0.2) is 0 Å². The molecule has 380 valence electrons. The molecule has 0 N–H and O–H groups in total. The van der Waals surface area contributed by atoms with Gasteiger partial charge in [0.1, 0.15) is 23.8 Å². The number of rotatable bonds is 12. The first-order chi connectivity index (χ1) is 34.7. The summed E-state index contributed by atoms with van der Waals surface area (Å²) in [6.07, 6.45) is 11.3. The van der Waals surface area contributed by atoms with Gasteiger partial charge in [0.2, 0.25) is 11.8 Å². The number of nitro groups is 2. The quantitative estimate of drug-likeness (QED) is 0.0732. The lowest BCUT2D eigenvalue weighted by atomic mass is 9.59.